The third kappa shape index (κ3) is 2.41. The van der Waals surface area contributed by atoms with Crippen molar-refractivity contribution in [3.63, 3.8) is 0 Å². The van der Waals surface area contributed by atoms with Gasteiger partial charge in [-0.25, -0.2) is 0 Å². The van der Waals surface area contributed by atoms with Crippen molar-refractivity contribution < 1.29 is 9.21 Å². The molecule has 0 amide bonds. The number of hydrogen-bond donors (Lipinski definition) is 2. The van der Waals surface area contributed by atoms with Crippen LogP contribution in [0.1, 0.15) is 17.5 Å². The van der Waals surface area contributed by atoms with E-state index >= 15 is 0 Å². The first-order chi connectivity index (χ1) is 14.2. The van der Waals surface area contributed by atoms with Crippen molar-refractivity contribution in [3.8, 4) is 0 Å². The number of carbonyl (C=O) groups is 1. The lowest BCUT2D eigenvalue weighted by atomic mass is 9.71. The Bertz CT molecular complexity index is 1000. The molecule has 6 nitrogen and oxygen atoms in total. The molecule has 5 atom stereocenters. The van der Waals surface area contributed by atoms with Crippen LogP contribution >= 0.6 is 11.3 Å². The first-order valence-electron chi connectivity index (χ1n) is 9.98. The fourth-order valence-electron chi connectivity index (χ4n) is 5.30. The van der Waals surface area contributed by atoms with Crippen molar-refractivity contribution in [2.24, 2.45) is 5.10 Å². The summed E-state index contributed by atoms with van der Waals surface area (Å²) < 4.78 is 5.42. The van der Waals surface area contributed by atoms with Gasteiger partial charge in [-0.15, -0.1) is 0 Å². The number of hydrogen-bond acceptors (Lipinski definition) is 7. The lowest BCUT2D eigenvalue weighted by Gasteiger charge is -2.33. The van der Waals surface area contributed by atoms with E-state index in [4.69, 9.17) is 4.42 Å². The van der Waals surface area contributed by atoms with Gasteiger partial charge in [0.15, 0.2) is 0 Å². The molecule has 4 aliphatic rings. The number of nitrogens with one attached hydrogen (secondary N) is 2. The predicted octanol–water partition coefficient (Wildman–Crippen LogP) is 2.06. The molecule has 3 aliphatic heterocycles. The SMILES string of the molecule is CN1C(C(=O)C2=NNC3C=CC(c4ccoc4)(c4ccsc4)C=C23)[C@@H]2C[C@@H]1CN2. The van der Waals surface area contributed by atoms with Crippen LogP contribution in [0.2, 0.25) is 0 Å². The van der Waals surface area contributed by atoms with E-state index in [-0.39, 0.29) is 23.9 Å². The Balaban J connectivity index is 1.42. The largest absolute Gasteiger partial charge is 0.472 e. The molecule has 3 unspecified atom stereocenters. The molecule has 2 N–H and O–H groups in total. The van der Waals surface area contributed by atoms with Crippen LogP contribution in [-0.2, 0) is 10.2 Å². The van der Waals surface area contributed by atoms with E-state index in [1.807, 2.05) is 6.07 Å². The van der Waals surface area contributed by atoms with E-state index in [0.717, 1.165) is 24.1 Å². The third-order valence-corrected chi connectivity index (χ3v) is 7.58. The summed E-state index contributed by atoms with van der Waals surface area (Å²) in [6, 6.07) is 4.57. The molecule has 2 fully saturated rings. The molecule has 6 rings (SSSR count). The molecule has 148 valence electrons. The average Bonchev–Trinajstić information content (AvgIpc) is 3.55. The summed E-state index contributed by atoms with van der Waals surface area (Å²) in [5, 5.41) is 12.2. The number of thiophene rings is 1. The number of fused-ring (bicyclic) bond motifs is 3. The highest BCUT2D eigenvalue weighted by molar-refractivity contribution is 7.08. The molecule has 29 heavy (non-hydrogen) atoms. The molecule has 0 saturated carbocycles. The molecule has 2 aromatic rings. The van der Waals surface area contributed by atoms with Crippen molar-refractivity contribution in [3.05, 3.63) is 70.3 Å². The fraction of sp³-hybridized carbons (Fsp3) is 0.364. The van der Waals surface area contributed by atoms with Gasteiger partial charge in [0.2, 0.25) is 5.78 Å². The molecule has 0 spiro atoms. The summed E-state index contributed by atoms with van der Waals surface area (Å²) in [7, 11) is 2.06. The molecule has 5 heterocycles. The first kappa shape index (κ1) is 17.4. The van der Waals surface area contributed by atoms with Gasteiger partial charge in [0, 0.05) is 29.8 Å². The summed E-state index contributed by atoms with van der Waals surface area (Å²) in [5.74, 6) is 0.107. The summed E-state index contributed by atoms with van der Waals surface area (Å²) in [4.78, 5) is 15.8. The van der Waals surface area contributed by atoms with E-state index in [1.54, 1.807) is 23.9 Å². The van der Waals surface area contributed by atoms with Crippen molar-refractivity contribution in [1.29, 1.82) is 0 Å². The zero-order chi connectivity index (χ0) is 19.6. The minimum atomic E-state index is -0.454. The quantitative estimate of drug-likeness (QED) is 0.761. The van der Waals surface area contributed by atoms with Gasteiger partial charge in [-0.2, -0.15) is 16.4 Å². The summed E-state index contributed by atoms with van der Waals surface area (Å²) >= 11 is 1.67. The van der Waals surface area contributed by atoms with Crippen LogP contribution < -0.4 is 10.7 Å². The van der Waals surface area contributed by atoms with Crippen LogP contribution in [0.4, 0.5) is 0 Å². The Morgan fingerprint density at radius 3 is 3.03 bits per heavy atom. The maximum absolute atomic E-state index is 13.6. The molecular weight excluding hydrogens is 384 g/mol. The second-order valence-corrected chi connectivity index (χ2v) is 9.08. The van der Waals surface area contributed by atoms with Crippen LogP contribution in [0.3, 0.4) is 0 Å². The average molecular weight is 407 g/mol. The zero-order valence-electron chi connectivity index (χ0n) is 16.0. The number of piperazine rings is 1. The van der Waals surface area contributed by atoms with E-state index in [9.17, 15) is 4.79 Å². The first-order valence-corrected chi connectivity index (χ1v) is 10.9. The number of hydrazone groups is 1. The van der Waals surface area contributed by atoms with Gasteiger partial charge < -0.3 is 9.73 Å². The minimum Gasteiger partial charge on any atom is -0.472 e. The maximum atomic E-state index is 13.6. The molecule has 0 radical (unpaired) electrons. The van der Waals surface area contributed by atoms with Gasteiger partial charge in [-0.05, 0) is 41.9 Å². The highest BCUT2D eigenvalue weighted by Crippen LogP contribution is 2.42. The number of allylic oxidation sites excluding steroid dienone is 2. The molecule has 1 aliphatic carbocycles. The number of rotatable bonds is 4. The predicted molar refractivity (Wildman–Crippen MR) is 112 cm³/mol. The number of furan rings is 1. The van der Waals surface area contributed by atoms with Crippen LogP contribution in [0, 0.1) is 0 Å². The van der Waals surface area contributed by atoms with Crippen LogP contribution in [0.25, 0.3) is 0 Å². The van der Waals surface area contributed by atoms with Gasteiger partial charge >= 0.3 is 0 Å². The van der Waals surface area contributed by atoms with Crippen LogP contribution in [0.15, 0.2) is 68.7 Å². The fourth-order valence-corrected chi connectivity index (χ4v) is 6.03. The standard InChI is InChI=1S/C22H22N4O2S/c1-26-15-8-18(23-10-15)20(26)21(27)19-16-9-22(13-3-6-28-11-13,14-4-7-29-12-14)5-2-17(16)24-25-19/h2-7,9,11-12,15,17-18,20,23-24H,8,10H2,1H3/t15-,17?,18+,20?,22?/m1/s1. The van der Waals surface area contributed by atoms with Crippen molar-refractivity contribution >= 4 is 22.8 Å². The molecule has 2 bridgehead atoms. The monoisotopic (exact) mass is 406 g/mol. The van der Waals surface area contributed by atoms with Gasteiger partial charge in [-0.3, -0.25) is 15.1 Å². The molecule has 7 heteroatoms. The summed E-state index contributed by atoms with van der Waals surface area (Å²) in [5.41, 5.74) is 6.44. The second kappa shape index (κ2) is 6.26. The molecule has 0 aromatic carbocycles. The van der Waals surface area contributed by atoms with Crippen molar-refractivity contribution in [2.75, 3.05) is 13.6 Å². The number of ketones is 1. The number of carbonyl (C=O) groups excluding carboxylic acids is 1. The number of likely N-dealkylation sites (N-methyl/N-ethyl adjacent to an activating group) is 1. The second-order valence-electron chi connectivity index (χ2n) is 8.30. The molecule has 2 aromatic heterocycles. The maximum Gasteiger partial charge on any atom is 0.201 e. The normalized spacial score (nSPS) is 35.3. The number of Topliss-reactive ketones (excluding diaryl/α,β-unsaturated/α-hetero) is 1. The van der Waals surface area contributed by atoms with Gasteiger partial charge in [-0.1, -0.05) is 18.2 Å². The van der Waals surface area contributed by atoms with E-state index in [2.05, 4.69) is 62.8 Å². The Labute approximate surface area is 173 Å². The van der Waals surface area contributed by atoms with Crippen molar-refractivity contribution in [1.82, 2.24) is 15.6 Å². The summed E-state index contributed by atoms with van der Waals surface area (Å²) in [6.07, 6.45) is 11.0. The molecule has 2 saturated heterocycles. The smallest absolute Gasteiger partial charge is 0.201 e. The van der Waals surface area contributed by atoms with E-state index < -0.39 is 5.41 Å². The van der Waals surface area contributed by atoms with Gasteiger partial charge in [0.25, 0.3) is 0 Å². The minimum absolute atomic E-state index is 0.0653. The Morgan fingerprint density at radius 2 is 2.31 bits per heavy atom. The number of nitrogens with zero attached hydrogens (tertiary/aromatic N) is 2. The lowest BCUT2D eigenvalue weighted by Crippen LogP contribution is -2.55. The number of likely N-dealkylation sites (tertiary alicyclic amines) is 1. The highest BCUT2D eigenvalue weighted by Gasteiger charge is 2.50. The Hall–Kier alpha value is -2.48. The molecular formula is C22H22N4O2S. The van der Waals surface area contributed by atoms with E-state index in [0.29, 0.717) is 11.8 Å². The van der Waals surface area contributed by atoms with Gasteiger partial charge in [0.1, 0.15) is 5.71 Å². The van der Waals surface area contributed by atoms with Crippen LogP contribution in [0.5, 0.6) is 0 Å². The van der Waals surface area contributed by atoms with E-state index in [1.165, 1.54) is 5.56 Å². The van der Waals surface area contributed by atoms with Crippen LogP contribution in [-0.4, -0.2) is 54.2 Å². The Kier molecular flexibility index (Phi) is 3.75. The lowest BCUT2D eigenvalue weighted by molar-refractivity contribution is -0.117. The topological polar surface area (TPSA) is 69.9 Å². The third-order valence-electron chi connectivity index (χ3n) is 6.90. The highest BCUT2D eigenvalue weighted by atomic mass is 32.1. The summed E-state index contributed by atoms with van der Waals surface area (Å²) in [6.45, 7) is 0.964. The zero-order valence-corrected chi connectivity index (χ0v) is 16.9. The van der Waals surface area contributed by atoms with Crippen molar-refractivity contribution in [2.45, 2.75) is 36.0 Å². The Morgan fingerprint density at radius 1 is 1.38 bits per heavy atom. The van der Waals surface area contributed by atoms with Gasteiger partial charge in [0.05, 0.1) is 30.0 Å².